The molecule has 0 amide bonds. The lowest BCUT2D eigenvalue weighted by Gasteiger charge is -2.20. The van der Waals surface area contributed by atoms with E-state index in [1.54, 1.807) is 9.80 Å². The van der Waals surface area contributed by atoms with Gasteiger partial charge in [-0.2, -0.15) is 0 Å². The maximum atomic E-state index is 5.40. The van der Waals surface area contributed by atoms with Crippen LogP contribution in [-0.4, -0.2) is 40.8 Å². The van der Waals surface area contributed by atoms with Gasteiger partial charge in [-0.25, -0.2) is 0 Å². The average Bonchev–Trinajstić information content (AvgIpc) is 2.53. The third kappa shape index (κ3) is 22.5. The molecule has 0 spiro atoms. The first-order valence-electron chi connectivity index (χ1n) is 10.6. The highest BCUT2D eigenvalue weighted by Crippen LogP contribution is 2.12. The number of terminal acetylenes is 1. The van der Waals surface area contributed by atoms with Crippen LogP contribution in [0.3, 0.4) is 0 Å². The molecule has 4 heteroatoms. The number of rotatable bonds is 17. The number of quaternary nitrogens is 2. The molecule has 0 radical (unpaired) electrons. The van der Waals surface area contributed by atoms with E-state index in [0.717, 1.165) is 12.5 Å². The molecule has 0 bridgehead atoms. The van der Waals surface area contributed by atoms with Gasteiger partial charge in [-0.15, -0.1) is 12.3 Å². The fourth-order valence-electron chi connectivity index (χ4n) is 3.44. The van der Waals surface area contributed by atoms with Crippen LogP contribution in [-0.2, 0) is 0 Å². The number of nitrogens with one attached hydrogen (secondary N) is 2. The number of unbranched alkanes of at least 4 members (excludes halogenated alkanes) is 10. The molecule has 0 aromatic rings. The van der Waals surface area contributed by atoms with Gasteiger partial charge >= 0.3 is 0 Å². The van der Waals surface area contributed by atoms with Crippen molar-refractivity contribution in [1.82, 2.24) is 0 Å². The lowest BCUT2D eigenvalue weighted by molar-refractivity contribution is -0.886. The van der Waals surface area contributed by atoms with Gasteiger partial charge in [0.2, 0.25) is 0 Å². The molecular formula is C22H46Br2N2. The molecule has 0 saturated carbocycles. The van der Waals surface area contributed by atoms with Gasteiger partial charge in [-0.05, 0) is 25.7 Å². The molecule has 0 aliphatic rings. The zero-order valence-corrected chi connectivity index (χ0v) is 21.2. The predicted octanol–water partition coefficient (Wildman–Crippen LogP) is -3.25. The van der Waals surface area contributed by atoms with E-state index in [4.69, 9.17) is 6.42 Å². The van der Waals surface area contributed by atoms with Crippen molar-refractivity contribution in [3.8, 4) is 12.3 Å². The zero-order chi connectivity index (χ0) is 18.0. The summed E-state index contributed by atoms with van der Waals surface area (Å²) in [5.41, 5.74) is 0. The van der Waals surface area contributed by atoms with Gasteiger partial charge in [0.25, 0.3) is 0 Å². The van der Waals surface area contributed by atoms with Crippen molar-refractivity contribution in [1.29, 1.82) is 0 Å². The second-order valence-corrected chi connectivity index (χ2v) is 8.15. The normalized spacial score (nSPS) is 11.7. The van der Waals surface area contributed by atoms with Gasteiger partial charge in [0.15, 0.2) is 0 Å². The van der Waals surface area contributed by atoms with E-state index >= 15 is 0 Å². The van der Waals surface area contributed by atoms with Gasteiger partial charge in [-0.3, -0.25) is 0 Å². The first-order chi connectivity index (χ1) is 11.6. The molecular weight excluding hydrogens is 452 g/mol. The Hall–Kier alpha value is 0.440. The van der Waals surface area contributed by atoms with E-state index in [1.165, 1.54) is 90.0 Å². The molecule has 158 valence electrons. The Balaban J connectivity index is -0.00000264. The largest absolute Gasteiger partial charge is 1.00 e. The minimum absolute atomic E-state index is 0. The highest BCUT2D eigenvalue weighted by Gasteiger charge is 2.13. The summed E-state index contributed by atoms with van der Waals surface area (Å²) < 4.78 is 0. The number of hydrogen-bond donors (Lipinski definition) is 2. The summed E-state index contributed by atoms with van der Waals surface area (Å²) in [5.74, 6) is 2.79. The summed E-state index contributed by atoms with van der Waals surface area (Å²) in [5, 5.41) is 0. The Labute approximate surface area is 186 Å². The minimum Gasteiger partial charge on any atom is -1.00 e. The van der Waals surface area contributed by atoms with Crippen LogP contribution >= 0.6 is 0 Å². The van der Waals surface area contributed by atoms with Crippen molar-refractivity contribution in [2.24, 2.45) is 0 Å². The Morgan fingerprint density at radius 2 is 1.08 bits per heavy atom. The van der Waals surface area contributed by atoms with Crippen molar-refractivity contribution in [2.45, 2.75) is 95.9 Å². The monoisotopic (exact) mass is 496 g/mol. The smallest absolute Gasteiger partial charge is 0.0879 e. The summed E-state index contributed by atoms with van der Waals surface area (Å²) in [6.07, 6.45) is 24.6. The van der Waals surface area contributed by atoms with Gasteiger partial charge in [-0.1, -0.05) is 51.4 Å². The van der Waals surface area contributed by atoms with Crippen LogP contribution in [0.25, 0.3) is 0 Å². The van der Waals surface area contributed by atoms with Crippen LogP contribution in [0.1, 0.15) is 89.9 Å². The van der Waals surface area contributed by atoms with Gasteiger partial charge in [0.1, 0.15) is 0 Å². The lowest BCUT2D eigenvalue weighted by Crippen LogP contribution is -3.10. The molecule has 1 unspecified atom stereocenters. The van der Waals surface area contributed by atoms with Gasteiger partial charge < -0.3 is 43.8 Å². The van der Waals surface area contributed by atoms with E-state index in [2.05, 4.69) is 34.1 Å². The van der Waals surface area contributed by atoms with Crippen molar-refractivity contribution in [2.75, 3.05) is 34.7 Å². The number of hydrogen-bond acceptors (Lipinski definition) is 0. The van der Waals surface area contributed by atoms with E-state index in [1.807, 2.05) is 0 Å². The summed E-state index contributed by atoms with van der Waals surface area (Å²) in [7, 11) is 9.03. The van der Waals surface area contributed by atoms with Gasteiger partial charge in [0.05, 0.1) is 40.8 Å². The Morgan fingerprint density at radius 3 is 1.46 bits per heavy atom. The SMILES string of the molecule is C#CCCC(CCCCCCCCCCCCC[NH+](C)C)[NH+](C)C.[Br-].[Br-]. The third-order valence-corrected chi connectivity index (χ3v) is 5.18. The molecule has 0 aromatic heterocycles. The molecule has 0 rings (SSSR count). The first-order valence-corrected chi connectivity index (χ1v) is 10.6. The molecule has 0 saturated heterocycles. The van der Waals surface area contributed by atoms with E-state index in [0.29, 0.717) is 0 Å². The summed E-state index contributed by atoms with van der Waals surface area (Å²) in [6.45, 7) is 1.33. The van der Waals surface area contributed by atoms with Crippen LogP contribution in [0.5, 0.6) is 0 Å². The highest BCUT2D eigenvalue weighted by atomic mass is 79.9. The Bertz CT molecular complexity index is 301. The summed E-state index contributed by atoms with van der Waals surface area (Å²) in [4.78, 5) is 3.15. The summed E-state index contributed by atoms with van der Waals surface area (Å²) >= 11 is 0. The minimum atomic E-state index is 0. The molecule has 0 fully saturated rings. The van der Waals surface area contributed by atoms with E-state index in [9.17, 15) is 0 Å². The van der Waals surface area contributed by atoms with Crippen LogP contribution in [0.4, 0.5) is 0 Å². The average molecular weight is 498 g/mol. The maximum Gasteiger partial charge on any atom is 0.0879 e. The zero-order valence-electron chi connectivity index (χ0n) is 18.0. The molecule has 0 aliphatic heterocycles. The third-order valence-electron chi connectivity index (χ3n) is 5.18. The first kappa shape index (κ1) is 31.1. The van der Waals surface area contributed by atoms with E-state index in [-0.39, 0.29) is 34.0 Å². The second kappa shape index (κ2) is 23.5. The van der Waals surface area contributed by atoms with Crippen molar-refractivity contribution in [3.63, 3.8) is 0 Å². The molecule has 0 aromatic carbocycles. The second-order valence-electron chi connectivity index (χ2n) is 8.15. The quantitative estimate of drug-likeness (QED) is 0.154. The molecule has 0 aliphatic carbocycles. The molecule has 1 atom stereocenters. The molecule has 2 N–H and O–H groups in total. The van der Waals surface area contributed by atoms with E-state index < -0.39 is 0 Å². The molecule has 26 heavy (non-hydrogen) atoms. The fraction of sp³-hybridized carbons (Fsp3) is 0.909. The van der Waals surface area contributed by atoms with Crippen LogP contribution in [0.15, 0.2) is 0 Å². The maximum absolute atomic E-state index is 5.40. The summed E-state index contributed by atoms with van der Waals surface area (Å²) in [6, 6.07) is 0.759. The van der Waals surface area contributed by atoms with Crippen LogP contribution in [0.2, 0.25) is 0 Å². The predicted molar refractivity (Wildman–Crippen MR) is 108 cm³/mol. The Kier molecular flexibility index (Phi) is 28.1. The van der Waals surface area contributed by atoms with Crippen LogP contribution < -0.4 is 43.8 Å². The topological polar surface area (TPSA) is 8.88 Å². The molecule has 2 nitrogen and oxygen atoms in total. The highest BCUT2D eigenvalue weighted by molar-refractivity contribution is 4.84. The van der Waals surface area contributed by atoms with Crippen LogP contribution in [0, 0.1) is 12.3 Å². The molecule has 0 heterocycles. The van der Waals surface area contributed by atoms with Crippen molar-refractivity contribution >= 4 is 0 Å². The van der Waals surface area contributed by atoms with Crippen molar-refractivity contribution in [3.05, 3.63) is 0 Å². The van der Waals surface area contributed by atoms with Gasteiger partial charge in [0, 0.05) is 12.8 Å². The Morgan fingerprint density at radius 1 is 0.654 bits per heavy atom. The standard InChI is InChI=1S/C22H44N2.2BrH/c1-6-7-19-22(24(4)5)20-17-15-13-11-9-8-10-12-14-16-18-21-23(2)3;;/h1,22H,7-21H2,2-5H3;2*1H. The fourth-order valence-corrected chi connectivity index (χ4v) is 3.44. The lowest BCUT2D eigenvalue weighted by atomic mass is 10.0. The van der Waals surface area contributed by atoms with Crippen molar-refractivity contribution < 1.29 is 43.8 Å². The number of halogens is 2.